The summed E-state index contributed by atoms with van der Waals surface area (Å²) in [6.07, 6.45) is 3.43. The minimum Gasteiger partial charge on any atom is -0.381 e. The van der Waals surface area contributed by atoms with Crippen LogP contribution in [0.2, 0.25) is 0 Å². The van der Waals surface area contributed by atoms with E-state index in [1.165, 1.54) is 12.1 Å². The summed E-state index contributed by atoms with van der Waals surface area (Å²) in [5.74, 6) is -0.133. The first-order valence-electron chi connectivity index (χ1n) is 8.94. The van der Waals surface area contributed by atoms with Crippen LogP contribution in [-0.4, -0.2) is 43.2 Å². The summed E-state index contributed by atoms with van der Waals surface area (Å²) >= 11 is 0. The van der Waals surface area contributed by atoms with E-state index in [4.69, 9.17) is 10.00 Å². The smallest absolute Gasteiger partial charge is 0.223 e. The molecule has 2 heterocycles. The second-order valence-electron chi connectivity index (χ2n) is 6.86. The SMILES string of the molecule is N#Cc1cc(F)ccc1CN1CCC(NC(=O)C2CCOCC2)CC1. The van der Waals surface area contributed by atoms with E-state index in [9.17, 15) is 9.18 Å². The van der Waals surface area contributed by atoms with Crippen LogP contribution >= 0.6 is 0 Å². The van der Waals surface area contributed by atoms with Crippen LogP contribution in [0.3, 0.4) is 0 Å². The first-order chi connectivity index (χ1) is 12.2. The Morgan fingerprint density at radius 3 is 2.68 bits per heavy atom. The van der Waals surface area contributed by atoms with Gasteiger partial charge in [-0.15, -0.1) is 0 Å². The van der Waals surface area contributed by atoms with Crippen LogP contribution in [0.1, 0.15) is 36.8 Å². The van der Waals surface area contributed by atoms with Crippen LogP contribution in [0.15, 0.2) is 18.2 Å². The predicted octanol–water partition coefficient (Wildman–Crippen LogP) is 2.20. The highest BCUT2D eigenvalue weighted by Gasteiger charge is 2.26. The van der Waals surface area contributed by atoms with E-state index in [0.717, 1.165) is 44.3 Å². The number of nitriles is 1. The molecule has 0 saturated carbocycles. The molecule has 5 nitrogen and oxygen atoms in total. The van der Waals surface area contributed by atoms with Crippen molar-refractivity contribution < 1.29 is 13.9 Å². The molecule has 2 aliphatic heterocycles. The summed E-state index contributed by atoms with van der Waals surface area (Å²) in [4.78, 5) is 14.6. The van der Waals surface area contributed by atoms with E-state index in [1.807, 2.05) is 0 Å². The zero-order valence-corrected chi connectivity index (χ0v) is 14.3. The third kappa shape index (κ3) is 4.77. The lowest BCUT2D eigenvalue weighted by atomic mass is 9.97. The number of carbonyl (C=O) groups is 1. The summed E-state index contributed by atoms with van der Waals surface area (Å²) in [6.45, 7) is 3.72. The standard InChI is InChI=1S/C19H24FN3O2/c20-17-2-1-15(16(11-17)12-21)13-23-7-3-18(4-8-23)22-19(24)14-5-9-25-10-6-14/h1-2,11,14,18H,3-10,13H2,(H,22,24). The summed E-state index contributed by atoms with van der Waals surface area (Å²) in [5.41, 5.74) is 1.25. The average Bonchev–Trinajstić information content (AvgIpc) is 2.65. The second-order valence-corrected chi connectivity index (χ2v) is 6.86. The van der Waals surface area contributed by atoms with Crippen LogP contribution in [0.25, 0.3) is 0 Å². The zero-order valence-electron chi connectivity index (χ0n) is 14.3. The number of nitrogens with one attached hydrogen (secondary N) is 1. The molecule has 2 aliphatic rings. The molecule has 0 atom stereocenters. The largest absolute Gasteiger partial charge is 0.381 e. The lowest BCUT2D eigenvalue weighted by Gasteiger charge is -2.33. The average molecular weight is 345 g/mol. The molecule has 1 N–H and O–H groups in total. The molecule has 0 aromatic heterocycles. The summed E-state index contributed by atoms with van der Waals surface area (Å²) in [7, 11) is 0. The van der Waals surface area contributed by atoms with Gasteiger partial charge in [-0.1, -0.05) is 6.07 Å². The maximum atomic E-state index is 13.2. The Morgan fingerprint density at radius 2 is 2.00 bits per heavy atom. The molecule has 0 unspecified atom stereocenters. The van der Waals surface area contributed by atoms with Gasteiger partial charge in [-0.25, -0.2) is 4.39 Å². The van der Waals surface area contributed by atoms with Gasteiger partial charge in [0, 0.05) is 44.8 Å². The second kappa shape index (κ2) is 8.41. The van der Waals surface area contributed by atoms with Crippen LogP contribution in [0, 0.1) is 23.1 Å². The minimum atomic E-state index is -0.380. The van der Waals surface area contributed by atoms with Crippen molar-refractivity contribution in [3.8, 4) is 6.07 Å². The van der Waals surface area contributed by atoms with Gasteiger partial charge >= 0.3 is 0 Å². The van der Waals surface area contributed by atoms with Gasteiger partial charge in [0.05, 0.1) is 11.6 Å². The van der Waals surface area contributed by atoms with Crippen molar-refractivity contribution in [1.29, 1.82) is 5.26 Å². The van der Waals surface area contributed by atoms with E-state index in [-0.39, 0.29) is 23.7 Å². The van der Waals surface area contributed by atoms with Gasteiger partial charge in [0.25, 0.3) is 0 Å². The van der Waals surface area contributed by atoms with Crippen molar-refractivity contribution in [3.63, 3.8) is 0 Å². The third-order valence-corrected chi connectivity index (χ3v) is 5.11. The number of amides is 1. The Kier molecular flexibility index (Phi) is 6.00. The molecule has 134 valence electrons. The summed E-state index contributed by atoms with van der Waals surface area (Å²) in [5, 5.41) is 12.3. The van der Waals surface area contributed by atoms with Gasteiger partial charge < -0.3 is 10.1 Å². The Balaban J connectivity index is 1.47. The number of carbonyl (C=O) groups excluding carboxylic acids is 1. The molecule has 2 fully saturated rings. The number of halogens is 1. The van der Waals surface area contributed by atoms with Crippen molar-refractivity contribution in [3.05, 3.63) is 35.1 Å². The van der Waals surface area contributed by atoms with Gasteiger partial charge in [0.15, 0.2) is 0 Å². The maximum absolute atomic E-state index is 13.2. The molecular weight excluding hydrogens is 321 g/mol. The number of ether oxygens (including phenoxy) is 1. The number of hydrogen-bond acceptors (Lipinski definition) is 4. The van der Waals surface area contributed by atoms with Crippen LogP contribution in [0.5, 0.6) is 0 Å². The third-order valence-electron chi connectivity index (χ3n) is 5.11. The van der Waals surface area contributed by atoms with E-state index >= 15 is 0 Å². The fourth-order valence-corrected chi connectivity index (χ4v) is 3.55. The molecular formula is C19H24FN3O2. The van der Waals surface area contributed by atoms with Crippen LogP contribution in [0.4, 0.5) is 4.39 Å². The van der Waals surface area contributed by atoms with E-state index < -0.39 is 0 Å². The molecule has 3 rings (SSSR count). The van der Waals surface area contributed by atoms with Gasteiger partial charge in [0.1, 0.15) is 5.82 Å². The van der Waals surface area contributed by atoms with Crippen LogP contribution < -0.4 is 5.32 Å². The first kappa shape index (κ1) is 17.8. The summed E-state index contributed by atoms with van der Waals surface area (Å²) in [6, 6.07) is 6.66. The number of likely N-dealkylation sites (tertiary alicyclic amines) is 1. The Morgan fingerprint density at radius 1 is 1.28 bits per heavy atom. The van der Waals surface area contributed by atoms with Gasteiger partial charge in [-0.2, -0.15) is 5.26 Å². The van der Waals surface area contributed by atoms with Crippen molar-refractivity contribution in [1.82, 2.24) is 10.2 Å². The molecule has 6 heteroatoms. The molecule has 0 bridgehead atoms. The molecule has 25 heavy (non-hydrogen) atoms. The molecule has 2 saturated heterocycles. The van der Waals surface area contributed by atoms with Crippen molar-refractivity contribution in [2.24, 2.45) is 5.92 Å². The van der Waals surface area contributed by atoms with E-state index in [1.54, 1.807) is 6.07 Å². The zero-order chi connectivity index (χ0) is 17.6. The summed E-state index contributed by atoms with van der Waals surface area (Å²) < 4.78 is 18.5. The monoisotopic (exact) mass is 345 g/mol. The van der Waals surface area contributed by atoms with E-state index in [0.29, 0.717) is 25.3 Å². The minimum absolute atomic E-state index is 0.0872. The Labute approximate surface area is 147 Å². The highest BCUT2D eigenvalue weighted by atomic mass is 19.1. The number of nitrogens with zero attached hydrogens (tertiary/aromatic N) is 2. The highest BCUT2D eigenvalue weighted by Crippen LogP contribution is 2.19. The van der Waals surface area contributed by atoms with Crippen molar-refractivity contribution in [2.45, 2.75) is 38.3 Å². The molecule has 0 radical (unpaired) electrons. The molecule has 1 aromatic carbocycles. The van der Waals surface area contributed by atoms with Crippen molar-refractivity contribution in [2.75, 3.05) is 26.3 Å². The fourth-order valence-electron chi connectivity index (χ4n) is 3.55. The first-order valence-corrected chi connectivity index (χ1v) is 8.94. The quantitative estimate of drug-likeness (QED) is 0.909. The van der Waals surface area contributed by atoms with Crippen molar-refractivity contribution >= 4 is 5.91 Å². The van der Waals surface area contributed by atoms with E-state index in [2.05, 4.69) is 16.3 Å². The number of benzene rings is 1. The Bertz CT molecular complexity index is 645. The Hall–Kier alpha value is -1.97. The molecule has 1 aromatic rings. The molecule has 0 spiro atoms. The normalized spacial score (nSPS) is 20.2. The maximum Gasteiger partial charge on any atom is 0.223 e. The molecule has 0 aliphatic carbocycles. The number of piperidine rings is 1. The predicted molar refractivity (Wildman–Crippen MR) is 91.1 cm³/mol. The topological polar surface area (TPSA) is 65.4 Å². The molecule has 1 amide bonds. The highest BCUT2D eigenvalue weighted by molar-refractivity contribution is 5.79. The van der Waals surface area contributed by atoms with Crippen LogP contribution in [-0.2, 0) is 16.1 Å². The number of rotatable bonds is 4. The van der Waals surface area contributed by atoms with Gasteiger partial charge in [-0.05, 0) is 43.4 Å². The fraction of sp³-hybridized carbons (Fsp3) is 0.579. The number of hydrogen-bond donors (Lipinski definition) is 1. The van der Waals surface area contributed by atoms with Gasteiger partial charge in [-0.3, -0.25) is 9.69 Å². The lowest BCUT2D eigenvalue weighted by Crippen LogP contribution is -2.46. The lowest BCUT2D eigenvalue weighted by molar-refractivity contribution is -0.128. The van der Waals surface area contributed by atoms with Gasteiger partial charge in [0.2, 0.25) is 5.91 Å².